The molecule has 0 spiro atoms. The molecule has 112 valence electrons. The van der Waals surface area contributed by atoms with Crippen molar-refractivity contribution in [3.8, 4) is 0 Å². The minimum atomic E-state index is -0.344. The summed E-state index contributed by atoms with van der Waals surface area (Å²) >= 11 is 5.82. The van der Waals surface area contributed by atoms with Crippen LogP contribution in [0, 0.1) is 5.82 Å². The highest BCUT2D eigenvalue weighted by Gasteiger charge is 2.04. The highest BCUT2D eigenvalue weighted by molar-refractivity contribution is 6.30. The molecular formula is C17H14ClFN2O. The van der Waals surface area contributed by atoms with E-state index in [1.54, 1.807) is 54.6 Å². The van der Waals surface area contributed by atoms with Crippen molar-refractivity contribution >= 4 is 23.6 Å². The van der Waals surface area contributed by atoms with Crippen molar-refractivity contribution < 1.29 is 9.18 Å². The average molecular weight is 317 g/mol. The molecule has 5 heteroatoms. The summed E-state index contributed by atoms with van der Waals surface area (Å²) in [5.41, 5.74) is 6.40. The number of hydrogen-bond acceptors (Lipinski definition) is 2. The fourth-order valence-corrected chi connectivity index (χ4v) is 1.87. The van der Waals surface area contributed by atoms with Crippen LogP contribution in [0.3, 0.4) is 0 Å². The van der Waals surface area contributed by atoms with E-state index in [1.807, 2.05) is 0 Å². The van der Waals surface area contributed by atoms with E-state index < -0.39 is 0 Å². The summed E-state index contributed by atoms with van der Waals surface area (Å²) in [4.78, 5) is 11.9. The molecule has 0 saturated carbocycles. The van der Waals surface area contributed by atoms with Gasteiger partial charge in [0.05, 0.1) is 0 Å². The van der Waals surface area contributed by atoms with E-state index in [-0.39, 0.29) is 11.7 Å². The van der Waals surface area contributed by atoms with Crippen molar-refractivity contribution in [2.24, 2.45) is 0 Å². The van der Waals surface area contributed by atoms with Crippen LogP contribution in [-0.4, -0.2) is 5.91 Å². The van der Waals surface area contributed by atoms with E-state index in [4.69, 9.17) is 11.6 Å². The van der Waals surface area contributed by atoms with Gasteiger partial charge >= 0.3 is 0 Å². The first-order valence-corrected chi connectivity index (χ1v) is 6.87. The molecule has 0 radical (unpaired) electrons. The van der Waals surface area contributed by atoms with Gasteiger partial charge in [-0.05, 0) is 36.4 Å². The van der Waals surface area contributed by atoms with Gasteiger partial charge < -0.3 is 0 Å². The largest absolute Gasteiger partial charge is 0.299 e. The lowest BCUT2D eigenvalue weighted by Crippen LogP contribution is -2.35. The van der Waals surface area contributed by atoms with Crippen LogP contribution >= 0.6 is 11.6 Å². The second-order valence-electron chi connectivity index (χ2n) is 4.47. The van der Waals surface area contributed by atoms with Crippen molar-refractivity contribution in [3.05, 3.63) is 88.8 Å². The van der Waals surface area contributed by atoms with Crippen molar-refractivity contribution in [1.29, 1.82) is 0 Å². The van der Waals surface area contributed by atoms with Crippen LogP contribution in [0.25, 0.3) is 6.08 Å². The van der Waals surface area contributed by atoms with Crippen molar-refractivity contribution in [1.82, 2.24) is 10.9 Å². The molecule has 0 bridgehead atoms. The summed E-state index contributed by atoms with van der Waals surface area (Å²) in [6.45, 7) is 3.72. The maximum absolute atomic E-state index is 13.4. The molecule has 0 aliphatic carbocycles. The molecule has 0 aliphatic heterocycles. The van der Waals surface area contributed by atoms with E-state index >= 15 is 0 Å². The predicted octanol–water partition coefficient (Wildman–Crippen LogP) is 3.94. The molecule has 0 aromatic heterocycles. The highest BCUT2D eigenvalue weighted by atomic mass is 35.5. The normalized spacial score (nSPS) is 10.5. The Balaban J connectivity index is 1.90. The zero-order valence-corrected chi connectivity index (χ0v) is 12.4. The van der Waals surface area contributed by atoms with Crippen LogP contribution in [0.5, 0.6) is 0 Å². The number of amides is 1. The van der Waals surface area contributed by atoms with E-state index in [2.05, 4.69) is 17.4 Å². The summed E-state index contributed by atoms with van der Waals surface area (Å²) in [6, 6.07) is 12.9. The SMILES string of the molecule is C=C(C=Cc1ccccc1F)NNC(=O)c1cccc(Cl)c1. The van der Waals surface area contributed by atoms with E-state index in [0.29, 0.717) is 21.8 Å². The van der Waals surface area contributed by atoms with Gasteiger partial charge in [-0.25, -0.2) is 4.39 Å². The molecule has 0 saturated heterocycles. The molecule has 0 fully saturated rings. The number of halogens is 2. The minimum absolute atomic E-state index is 0.325. The summed E-state index contributed by atoms with van der Waals surface area (Å²) in [7, 11) is 0. The van der Waals surface area contributed by atoms with Gasteiger partial charge in [0.25, 0.3) is 5.91 Å². The number of nitrogens with one attached hydrogen (secondary N) is 2. The van der Waals surface area contributed by atoms with Crippen LogP contribution in [0.15, 0.2) is 66.9 Å². The molecule has 0 aliphatic rings. The molecule has 2 rings (SSSR count). The third kappa shape index (κ3) is 4.46. The first kappa shape index (κ1) is 15.8. The van der Waals surface area contributed by atoms with Gasteiger partial charge in [-0.1, -0.05) is 42.4 Å². The average Bonchev–Trinajstić information content (AvgIpc) is 2.52. The molecule has 0 heterocycles. The van der Waals surface area contributed by atoms with Gasteiger partial charge in [0.2, 0.25) is 0 Å². The number of hydrogen-bond donors (Lipinski definition) is 2. The monoisotopic (exact) mass is 316 g/mol. The molecule has 2 aromatic rings. The molecule has 2 N–H and O–H groups in total. The Morgan fingerprint density at radius 1 is 1.14 bits per heavy atom. The minimum Gasteiger partial charge on any atom is -0.299 e. The van der Waals surface area contributed by atoms with Crippen molar-refractivity contribution in [2.45, 2.75) is 0 Å². The number of allylic oxidation sites excluding steroid dienone is 1. The molecule has 2 aromatic carbocycles. The second-order valence-corrected chi connectivity index (χ2v) is 4.91. The molecular weight excluding hydrogens is 303 g/mol. The lowest BCUT2D eigenvalue weighted by Gasteiger charge is -2.08. The zero-order chi connectivity index (χ0) is 15.9. The summed E-state index contributed by atoms with van der Waals surface area (Å²) in [6.07, 6.45) is 3.13. The Morgan fingerprint density at radius 3 is 2.64 bits per heavy atom. The fourth-order valence-electron chi connectivity index (χ4n) is 1.68. The molecule has 3 nitrogen and oxygen atoms in total. The quantitative estimate of drug-likeness (QED) is 0.648. The maximum Gasteiger partial charge on any atom is 0.269 e. The smallest absolute Gasteiger partial charge is 0.269 e. The number of hydrazine groups is 1. The molecule has 22 heavy (non-hydrogen) atoms. The second kappa shape index (κ2) is 7.43. The predicted molar refractivity (Wildman–Crippen MR) is 86.6 cm³/mol. The van der Waals surface area contributed by atoms with Crippen molar-refractivity contribution in [3.63, 3.8) is 0 Å². The van der Waals surface area contributed by atoms with Crippen LogP contribution in [-0.2, 0) is 0 Å². The number of benzene rings is 2. The number of carbonyl (C=O) groups is 1. The van der Waals surface area contributed by atoms with Crippen LogP contribution < -0.4 is 10.9 Å². The van der Waals surface area contributed by atoms with Gasteiger partial charge in [-0.3, -0.25) is 15.6 Å². The van der Waals surface area contributed by atoms with Crippen molar-refractivity contribution in [2.75, 3.05) is 0 Å². The lowest BCUT2D eigenvalue weighted by molar-refractivity contribution is 0.0939. The molecule has 0 atom stereocenters. The summed E-state index contributed by atoms with van der Waals surface area (Å²) < 4.78 is 13.4. The zero-order valence-electron chi connectivity index (χ0n) is 11.6. The Kier molecular flexibility index (Phi) is 5.33. The van der Waals surface area contributed by atoms with Gasteiger partial charge in [0.1, 0.15) is 5.82 Å². The summed E-state index contributed by atoms with van der Waals surface area (Å²) in [5.74, 6) is -0.669. The van der Waals surface area contributed by atoms with Gasteiger partial charge in [0, 0.05) is 21.8 Å². The van der Waals surface area contributed by atoms with Crippen LogP contribution in [0.2, 0.25) is 5.02 Å². The first-order chi connectivity index (χ1) is 10.6. The van der Waals surface area contributed by atoms with Crippen LogP contribution in [0.4, 0.5) is 4.39 Å². The molecule has 1 amide bonds. The van der Waals surface area contributed by atoms with E-state index in [0.717, 1.165) is 0 Å². The highest BCUT2D eigenvalue weighted by Crippen LogP contribution is 2.10. The fraction of sp³-hybridized carbons (Fsp3) is 0. The Labute approximate surface area is 133 Å². The van der Waals surface area contributed by atoms with Crippen LogP contribution in [0.1, 0.15) is 15.9 Å². The van der Waals surface area contributed by atoms with Gasteiger partial charge in [0.15, 0.2) is 0 Å². The standard InChI is InChI=1S/C17H14ClFN2O/c1-12(9-10-13-5-2-3-8-16(13)19)20-21-17(22)14-6-4-7-15(18)11-14/h2-11,20H,1H2,(H,21,22). The topological polar surface area (TPSA) is 41.1 Å². The third-order valence-corrected chi connectivity index (χ3v) is 3.03. The Morgan fingerprint density at radius 2 is 1.91 bits per heavy atom. The summed E-state index contributed by atoms with van der Waals surface area (Å²) in [5, 5.41) is 0.478. The molecule has 0 unspecified atom stereocenters. The Hall–Kier alpha value is -2.59. The lowest BCUT2D eigenvalue weighted by atomic mass is 10.2. The maximum atomic E-state index is 13.4. The number of rotatable bonds is 5. The third-order valence-electron chi connectivity index (χ3n) is 2.79. The van der Waals surface area contributed by atoms with Gasteiger partial charge in [-0.2, -0.15) is 0 Å². The first-order valence-electron chi connectivity index (χ1n) is 6.50. The number of carbonyl (C=O) groups excluding carboxylic acids is 1. The van der Waals surface area contributed by atoms with E-state index in [1.165, 1.54) is 6.07 Å². The van der Waals surface area contributed by atoms with E-state index in [9.17, 15) is 9.18 Å². The Bertz CT molecular complexity index is 728. The van der Waals surface area contributed by atoms with Gasteiger partial charge in [-0.15, -0.1) is 0 Å².